The molecule has 0 amide bonds. The zero-order valence-corrected chi connectivity index (χ0v) is 10.6. The van der Waals surface area contributed by atoms with Gasteiger partial charge in [0.15, 0.2) is 6.29 Å². The van der Waals surface area contributed by atoms with Crippen LogP contribution in [0.4, 0.5) is 0 Å². The van der Waals surface area contributed by atoms with Crippen molar-refractivity contribution in [3.63, 3.8) is 0 Å². The number of carbonyl (C=O) groups is 1. The summed E-state index contributed by atoms with van der Waals surface area (Å²) in [7, 11) is 0. The van der Waals surface area contributed by atoms with Crippen LogP contribution in [0.1, 0.15) is 26.7 Å². The zero-order valence-electron chi connectivity index (χ0n) is 10.6. The molecule has 5 nitrogen and oxygen atoms in total. The summed E-state index contributed by atoms with van der Waals surface area (Å²) in [5.74, 6) is -0.0160. The van der Waals surface area contributed by atoms with Gasteiger partial charge in [-0.1, -0.05) is 6.92 Å². The molecule has 0 aliphatic carbocycles. The van der Waals surface area contributed by atoms with Gasteiger partial charge < -0.3 is 19.3 Å². The zero-order chi connectivity index (χ0) is 12.7. The molecule has 1 aliphatic rings. The molecule has 0 bridgehead atoms. The largest absolute Gasteiger partial charge is 0.466 e. The lowest BCUT2D eigenvalue weighted by Gasteiger charge is -2.32. The minimum Gasteiger partial charge on any atom is -0.466 e. The molecule has 1 atom stereocenters. The van der Waals surface area contributed by atoms with Crippen molar-refractivity contribution < 1.29 is 24.1 Å². The third kappa shape index (κ3) is 5.02. The lowest BCUT2D eigenvalue weighted by atomic mass is 10.0. The fraction of sp³-hybridized carbons (Fsp3) is 0.917. The second-order valence-corrected chi connectivity index (χ2v) is 4.43. The Morgan fingerprint density at radius 3 is 2.65 bits per heavy atom. The molecular formula is C12H22O5. The van der Waals surface area contributed by atoms with Gasteiger partial charge in [-0.3, -0.25) is 4.79 Å². The van der Waals surface area contributed by atoms with Crippen LogP contribution < -0.4 is 0 Å². The Labute approximate surface area is 102 Å². The van der Waals surface area contributed by atoms with E-state index in [0.717, 1.165) is 0 Å². The molecule has 1 aliphatic heterocycles. The molecular weight excluding hydrogens is 224 g/mol. The van der Waals surface area contributed by atoms with Crippen LogP contribution in [-0.2, 0) is 19.0 Å². The van der Waals surface area contributed by atoms with E-state index in [9.17, 15) is 9.90 Å². The molecule has 0 aromatic rings. The highest BCUT2D eigenvalue weighted by atomic mass is 16.7. The monoisotopic (exact) mass is 246 g/mol. The molecule has 1 N–H and O–H groups in total. The Bertz CT molecular complexity index is 223. The van der Waals surface area contributed by atoms with Crippen molar-refractivity contribution in [2.75, 3.05) is 26.4 Å². The minimum atomic E-state index is -0.398. The van der Waals surface area contributed by atoms with Gasteiger partial charge in [0, 0.05) is 18.3 Å². The number of hydrogen-bond acceptors (Lipinski definition) is 5. The Morgan fingerprint density at radius 2 is 2.12 bits per heavy atom. The molecule has 0 aromatic heterocycles. The van der Waals surface area contributed by atoms with Crippen LogP contribution in [0.15, 0.2) is 0 Å². The maximum absolute atomic E-state index is 11.2. The number of hydrogen-bond donors (Lipinski definition) is 1. The normalized spacial score (nSPS) is 26.5. The molecule has 1 unspecified atom stereocenters. The first kappa shape index (κ1) is 14.4. The molecule has 0 aromatic carbocycles. The summed E-state index contributed by atoms with van der Waals surface area (Å²) in [5, 5.41) is 9.27. The molecule has 1 heterocycles. The predicted molar refractivity (Wildman–Crippen MR) is 61.3 cm³/mol. The van der Waals surface area contributed by atoms with Crippen molar-refractivity contribution >= 4 is 5.97 Å². The summed E-state index contributed by atoms with van der Waals surface area (Å²) in [6, 6.07) is 0. The second kappa shape index (κ2) is 7.63. The quantitative estimate of drug-likeness (QED) is 0.707. The van der Waals surface area contributed by atoms with Crippen molar-refractivity contribution in [3.05, 3.63) is 0 Å². The molecule has 1 saturated heterocycles. The molecule has 1 fully saturated rings. The SMILES string of the molecule is CCOC(=O)CCC(CO)C1OCC(C)CO1. The van der Waals surface area contributed by atoms with E-state index in [1.165, 1.54) is 0 Å². The van der Waals surface area contributed by atoms with E-state index in [2.05, 4.69) is 0 Å². The average Bonchev–Trinajstić information content (AvgIpc) is 2.32. The van der Waals surface area contributed by atoms with Crippen LogP contribution in [0.3, 0.4) is 0 Å². The van der Waals surface area contributed by atoms with Gasteiger partial charge in [-0.2, -0.15) is 0 Å². The van der Waals surface area contributed by atoms with E-state index in [-0.39, 0.29) is 24.9 Å². The maximum atomic E-state index is 11.2. The number of aliphatic hydroxyl groups excluding tert-OH is 1. The van der Waals surface area contributed by atoms with Crippen molar-refractivity contribution in [3.8, 4) is 0 Å². The molecule has 0 saturated carbocycles. The number of aliphatic hydroxyl groups is 1. The molecule has 17 heavy (non-hydrogen) atoms. The molecule has 5 heteroatoms. The third-order valence-corrected chi connectivity index (χ3v) is 2.73. The fourth-order valence-electron chi connectivity index (χ4n) is 1.74. The van der Waals surface area contributed by atoms with Crippen LogP contribution in [0.5, 0.6) is 0 Å². The van der Waals surface area contributed by atoms with Crippen molar-refractivity contribution in [1.29, 1.82) is 0 Å². The minimum absolute atomic E-state index is 0.0432. The first-order chi connectivity index (χ1) is 8.17. The Kier molecular flexibility index (Phi) is 6.47. The molecule has 0 radical (unpaired) electrons. The Morgan fingerprint density at radius 1 is 1.47 bits per heavy atom. The summed E-state index contributed by atoms with van der Waals surface area (Å²) in [4.78, 5) is 11.2. The van der Waals surface area contributed by atoms with Crippen molar-refractivity contribution in [1.82, 2.24) is 0 Å². The second-order valence-electron chi connectivity index (χ2n) is 4.43. The summed E-state index contributed by atoms with van der Waals surface area (Å²) in [6.45, 7) is 5.44. The summed E-state index contributed by atoms with van der Waals surface area (Å²) in [5.41, 5.74) is 0. The summed E-state index contributed by atoms with van der Waals surface area (Å²) >= 11 is 0. The van der Waals surface area contributed by atoms with Gasteiger partial charge >= 0.3 is 5.97 Å². The molecule has 1 rings (SSSR count). The first-order valence-electron chi connectivity index (χ1n) is 6.17. The number of rotatable bonds is 6. The van der Waals surface area contributed by atoms with Gasteiger partial charge in [0.25, 0.3) is 0 Å². The van der Waals surface area contributed by atoms with Crippen LogP contribution in [0, 0.1) is 11.8 Å². The van der Waals surface area contributed by atoms with Gasteiger partial charge in [0.05, 0.1) is 26.4 Å². The smallest absolute Gasteiger partial charge is 0.305 e. The van der Waals surface area contributed by atoms with Gasteiger partial charge in [0.2, 0.25) is 0 Å². The maximum Gasteiger partial charge on any atom is 0.305 e. The summed E-state index contributed by atoms with van der Waals surface area (Å²) in [6.07, 6.45) is 0.414. The van der Waals surface area contributed by atoms with Crippen LogP contribution in [0.2, 0.25) is 0 Å². The number of carbonyl (C=O) groups excluding carboxylic acids is 1. The lowest BCUT2D eigenvalue weighted by molar-refractivity contribution is -0.227. The van der Waals surface area contributed by atoms with E-state index < -0.39 is 6.29 Å². The standard InChI is InChI=1S/C12H22O5/c1-3-15-11(14)5-4-10(6-13)12-16-7-9(2)8-17-12/h9-10,12-13H,3-8H2,1-2H3. The van der Waals surface area contributed by atoms with Crippen LogP contribution in [0.25, 0.3) is 0 Å². The Balaban J connectivity index is 2.30. The van der Waals surface area contributed by atoms with E-state index >= 15 is 0 Å². The Hall–Kier alpha value is -0.650. The van der Waals surface area contributed by atoms with Gasteiger partial charge in [-0.05, 0) is 13.3 Å². The van der Waals surface area contributed by atoms with E-state index in [1.54, 1.807) is 6.92 Å². The van der Waals surface area contributed by atoms with E-state index in [0.29, 0.717) is 32.2 Å². The number of esters is 1. The summed E-state index contributed by atoms with van der Waals surface area (Å²) < 4.78 is 15.8. The van der Waals surface area contributed by atoms with Crippen molar-refractivity contribution in [2.24, 2.45) is 11.8 Å². The first-order valence-corrected chi connectivity index (χ1v) is 6.17. The highest BCUT2D eigenvalue weighted by Gasteiger charge is 2.27. The topological polar surface area (TPSA) is 65.0 Å². The van der Waals surface area contributed by atoms with E-state index in [1.807, 2.05) is 6.92 Å². The highest BCUT2D eigenvalue weighted by molar-refractivity contribution is 5.69. The predicted octanol–water partition coefficient (Wildman–Crippen LogP) is 0.947. The molecule has 0 spiro atoms. The van der Waals surface area contributed by atoms with Gasteiger partial charge in [-0.25, -0.2) is 0 Å². The third-order valence-electron chi connectivity index (χ3n) is 2.73. The fourth-order valence-corrected chi connectivity index (χ4v) is 1.74. The van der Waals surface area contributed by atoms with Crippen molar-refractivity contribution in [2.45, 2.75) is 33.0 Å². The average molecular weight is 246 g/mol. The highest BCUT2D eigenvalue weighted by Crippen LogP contribution is 2.21. The van der Waals surface area contributed by atoms with Crippen LogP contribution in [-0.4, -0.2) is 43.8 Å². The van der Waals surface area contributed by atoms with Gasteiger partial charge in [0.1, 0.15) is 0 Å². The molecule has 100 valence electrons. The van der Waals surface area contributed by atoms with Gasteiger partial charge in [-0.15, -0.1) is 0 Å². The number of ether oxygens (including phenoxy) is 3. The van der Waals surface area contributed by atoms with Crippen LogP contribution >= 0.6 is 0 Å². The lowest BCUT2D eigenvalue weighted by Crippen LogP contribution is -2.37. The van der Waals surface area contributed by atoms with E-state index in [4.69, 9.17) is 14.2 Å².